The second-order valence-electron chi connectivity index (χ2n) is 4.01. The molecule has 0 aliphatic heterocycles. The van der Waals surface area contributed by atoms with Crippen molar-refractivity contribution in [3.8, 4) is 0 Å². The molecule has 0 aliphatic rings. The lowest BCUT2D eigenvalue weighted by atomic mass is 10.2. The molecule has 2 aromatic rings. The molecular formula is C12H13ClN4O. The van der Waals surface area contributed by atoms with Crippen LogP contribution >= 0.6 is 11.6 Å². The molecule has 0 radical (unpaired) electrons. The van der Waals surface area contributed by atoms with E-state index in [2.05, 4.69) is 15.2 Å². The van der Waals surface area contributed by atoms with Gasteiger partial charge in [-0.15, -0.1) is 0 Å². The molecule has 1 aromatic carbocycles. The lowest BCUT2D eigenvalue weighted by Gasteiger charge is -2.15. The second-order valence-corrected chi connectivity index (χ2v) is 4.44. The predicted octanol–water partition coefficient (Wildman–Crippen LogP) is 2.04. The summed E-state index contributed by atoms with van der Waals surface area (Å²) in [5.41, 5.74) is 0.592. The van der Waals surface area contributed by atoms with Crippen molar-refractivity contribution >= 4 is 17.5 Å². The maximum absolute atomic E-state index is 12.1. The number of nitrogens with zero attached hydrogens (tertiary/aromatic N) is 3. The van der Waals surface area contributed by atoms with E-state index >= 15 is 0 Å². The number of carbonyl (C=O) groups excluding carboxylic acids is 1. The van der Waals surface area contributed by atoms with Crippen molar-refractivity contribution in [3.05, 3.63) is 46.5 Å². The van der Waals surface area contributed by atoms with Gasteiger partial charge in [-0.25, -0.2) is 4.98 Å². The van der Waals surface area contributed by atoms with Crippen LogP contribution in [0.4, 0.5) is 0 Å². The van der Waals surface area contributed by atoms with Crippen molar-refractivity contribution < 1.29 is 4.79 Å². The highest BCUT2D eigenvalue weighted by atomic mass is 35.5. The van der Waals surface area contributed by atoms with Crippen LogP contribution < -0.4 is 0 Å². The zero-order valence-corrected chi connectivity index (χ0v) is 10.9. The molecule has 0 spiro atoms. The summed E-state index contributed by atoms with van der Waals surface area (Å²) in [6.45, 7) is 2.18. The molecule has 0 fully saturated rings. The highest BCUT2D eigenvalue weighted by Crippen LogP contribution is 2.11. The van der Waals surface area contributed by atoms with Gasteiger partial charge in [0, 0.05) is 17.6 Å². The van der Waals surface area contributed by atoms with E-state index in [9.17, 15) is 4.79 Å². The molecular weight excluding hydrogens is 252 g/mol. The van der Waals surface area contributed by atoms with Gasteiger partial charge in [0.15, 0.2) is 5.82 Å². The van der Waals surface area contributed by atoms with Crippen LogP contribution in [0.2, 0.25) is 5.02 Å². The average molecular weight is 265 g/mol. The van der Waals surface area contributed by atoms with E-state index < -0.39 is 0 Å². The minimum atomic E-state index is -0.0888. The Balaban J connectivity index is 2.07. The van der Waals surface area contributed by atoms with Crippen molar-refractivity contribution in [2.45, 2.75) is 13.5 Å². The molecule has 0 aliphatic carbocycles. The van der Waals surface area contributed by atoms with Gasteiger partial charge in [0.05, 0.1) is 6.54 Å². The van der Waals surface area contributed by atoms with Crippen LogP contribution in [0.3, 0.4) is 0 Å². The van der Waals surface area contributed by atoms with Gasteiger partial charge in [-0.2, -0.15) is 5.10 Å². The van der Waals surface area contributed by atoms with Crippen LogP contribution in [0.5, 0.6) is 0 Å². The first-order valence-corrected chi connectivity index (χ1v) is 5.83. The Kier molecular flexibility index (Phi) is 3.62. The van der Waals surface area contributed by atoms with Crippen LogP contribution in [-0.4, -0.2) is 33.0 Å². The molecule has 5 nitrogen and oxygen atoms in total. The zero-order chi connectivity index (χ0) is 13.1. The molecule has 0 saturated carbocycles. The van der Waals surface area contributed by atoms with Gasteiger partial charge in [-0.1, -0.05) is 11.6 Å². The van der Waals surface area contributed by atoms with Crippen molar-refractivity contribution in [2.24, 2.45) is 0 Å². The molecule has 0 atom stereocenters. The Labute approximate surface area is 110 Å². The first-order valence-electron chi connectivity index (χ1n) is 5.45. The van der Waals surface area contributed by atoms with E-state index in [0.29, 0.717) is 23.0 Å². The molecule has 0 bridgehead atoms. The fourth-order valence-electron chi connectivity index (χ4n) is 1.56. The van der Waals surface area contributed by atoms with Gasteiger partial charge < -0.3 is 4.90 Å². The van der Waals surface area contributed by atoms with Crippen molar-refractivity contribution in [1.29, 1.82) is 0 Å². The Morgan fingerprint density at radius 1 is 1.39 bits per heavy atom. The number of benzene rings is 1. The minimum absolute atomic E-state index is 0.0888. The van der Waals surface area contributed by atoms with Crippen LogP contribution in [0, 0.1) is 6.92 Å². The summed E-state index contributed by atoms with van der Waals surface area (Å²) in [5.74, 6) is 1.24. The van der Waals surface area contributed by atoms with Crippen LogP contribution in [0.25, 0.3) is 0 Å². The van der Waals surface area contributed by atoms with Crippen LogP contribution in [0.15, 0.2) is 24.3 Å². The Bertz CT molecular complexity index is 549. The van der Waals surface area contributed by atoms with Crippen molar-refractivity contribution in [1.82, 2.24) is 20.1 Å². The molecule has 0 saturated heterocycles. The second kappa shape index (κ2) is 5.18. The Morgan fingerprint density at radius 3 is 2.61 bits per heavy atom. The van der Waals surface area contributed by atoms with Gasteiger partial charge in [0.2, 0.25) is 0 Å². The Morgan fingerprint density at radius 2 is 2.06 bits per heavy atom. The maximum Gasteiger partial charge on any atom is 0.254 e. The number of nitrogens with one attached hydrogen (secondary N) is 1. The minimum Gasteiger partial charge on any atom is -0.334 e. The molecule has 18 heavy (non-hydrogen) atoms. The fraction of sp³-hybridized carbons (Fsp3) is 0.250. The number of H-pyrrole nitrogens is 1. The van der Waals surface area contributed by atoms with E-state index in [1.54, 1.807) is 36.2 Å². The third-order valence-electron chi connectivity index (χ3n) is 2.46. The third-order valence-corrected chi connectivity index (χ3v) is 2.71. The van der Waals surface area contributed by atoms with Crippen LogP contribution in [0.1, 0.15) is 22.0 Å². The number of hydrogen-bond donors (Lipinski definition) is 1. The molecule has 1 N–H and O–H groups in total. The van der Waals surface area contributed by atoms with Gasteiger partial charge in [-0.05, 0) is 31.2 Å². The number of rotatable bonds is 3. The number of aromatic amines is 1. The molecule has 1 heterocycles. The zero-order valence-electron chi connectivity index (χ0n) is 10.1. The quantitative estimate of drug-likeness (QED) is 0.923. The summed E-state index contributed by atoms with van der Waals surface area (Å²) in [4.78, 5) is 17.8. The first-order chi connectivity index (χ1) is 8.56. The Hall–Kier alpha value is -1.88. The number of halogens is 1. The molecule has 6 heteroatoms. The number of aryl methyl sites for hydroxylation is 1. The number of hydrogen-bond acceptors (Lipinski definition) is 3. The summed E-state index contributed by atoms with van der Waals surface area (Å²) in [5, 5.41) is 7.35. The maximum atomic E-state index is 12.1. The van der Waals surface area contributed by atoms with E-state index in [4.69, 9.17) is 11.6 Å². The van der Waals surface area contributed by atoms with E-state index in [-0.39, 0.29) is 5.91 Å². The largest absolute Gasteiger partial charge is 0.334 e. The van der Waals surface area contributed by atoms with Gasteiger partial charge in [-0.3, -0.25) is 9.89 Å². The standard InChI is InChI=1S/C12H13ClN4O/c1-8-14-11(16-15-8)7-17(2)12(18)9-3-5-10(13)6-4-9/h3-6H,7H2,1-2H3,(H,14,15,16). The van der Waals surface area contributed by atoms with E-state index in [1.165, 1.54) is 0 Å². The molecule has 0 unspecified atom stereocenters. The van der Waals surface area contributed by atoms with Gasteiger partial charge >= 0.3 is 0 Å². The predicted molar refractivity (Wildman–Crippen MR) is 68.4 cm³/mol. The SMILES string of the molecule is Cc1nc(CN(C)C(=O)c2ccc(Cl)cc2)n[nH]1. The summed E-state index contributed by atoms with van der Waals surface area (Å²) >= 11 is 5.78. The molecule has 1 amide bonds. The number of aromatic nitrogens is 3. The highest BCUT2D eigenvalue weighted by molar-refractivity contribution is 6.30. The highest BCUT2D eigenvalue weighted by Gasteiger charge is 2.13. The topological polar surface area (TPSA) is 61.9 Å². The smallest absolute Gasteiger partial charge is 0.254 e. The molecule has 2 rings (SSSR count). The lowest BCUT2D eigenvalue weighted by molar-refractivity contribution is 0.0781. The average Bonchev–Trinajstić information content (AvgIpc) is 2.75. The van der Waals surface area contributed by atoms with Gasteiger partial charge in [0.1, 0.15) is 5.82 Å². The van der Waals surface area contributed by atoms with E-state index in [1.807, 2.05) is 6.92 Å². The normalized spacial score (nSPS) is 10.4. The lowest BCUT2D eigenvalue weighted by Crippen LogP contribution is -2.26. The van der Waals surface area contributed by atoms with Crippen molar-refractivity contribution in [3.63, 3.8) is 0 Å². The summed E-state index contributed by atoms with van der Waals surface area (Å²) in [6, 6.07) is 6.79. The summed E-state index contributed by atoms with van der Waals surface area (Å²) < 4.78 is 0. The summed E-state index contributed by atoms with van der Waals surface area (Å²) in [7, 11) is 1.71. The first kappa shape index (κ1) is 12.6. The molecule has 1 aromatic heterocycles. The van der Waals surface area contributed by atoms with E-state index in [0.717, 1.165) is 5.82 Å². The van der Waals surface area contributed by atoms with Crippen molar-refractivity contribution in [2.75, 3.05) is 7.05 Å². The molecule has 94 valence electrons. The number of amides is 1. The van der Waals surface area contributed by atoms with Crippen LogP contribution in [-0.2, 0) is 6.54 Å². The third kappa shape index (κ3) is 2.87. The number of carbonyl (C=O) groups is 1. The summed E-state index contributed by atoms with van der Waals surface area (Å²) in [6.07, 6.45) is 0. The fourth-order valence-corrected chi connectivity index (χ4v) is 1.68. The monoisotopic (exact) mass is 264 g/mol. The van der Waals surface area contributed by atoms with Gasteiger partial charge in [0.25, 0.3) is 5.91 Å².